The molecule has 7 heteroatoms. The van der Waals surface area contributed by atoms with Gasteiger partial charge in [0.15, 0.2) is 0 Å². The highest BCUT2D eigenvalue weighted by atomic mass is 19.1. The van der Waals surface area contributed by atoms with Crippen molar-refractivity contribution in [1.29, 1.82) is 0 Å². The molecule has 0 saturated carbocycles. The second-order valence-electron chi connectivity index (χ2n) is 4.84. The van der Waals surface area contributed by atoms with Gasteiger partial charge < -0.3 is 10.0 Å². The lowest BCUT2D eigenvalue weighted by Crippen LogP contribution is -2.29. The van der Waals surface area contributed by atoms with Crippen molar-refractivity contribution in [3.8, 4) is 0 Å². The fourth-order valence-corrected chi connectivity index (χ4v) is 2.40. The second kappa shape index (κ2) is 5.96. The van der Waals surface area contributed by atoms with Gasteiger partial charge in [-0.2, -0.15) is 0 Å². The number of non-ortho nitro benzene ring substituents is 1. The number of aliphatic hydroxyl groups excluding tert-OH is 1. The predicted octanol–water partition coefficient (Wildman–Crippen LogP) is 1.58. The molecule has 1 fully saturated rings. The Morgan fingerprint density at radius 3 is 2.95 bits per heavy atom. The number of nitro groups is 1. The first kappa shape index (κ1) is 14.4. The Kier molecular flexibility index (Phi) is 4.29. The number of hydrogen-bond donors (Lipinski definition) is 1. The highest BCUT2D eigenvalue weighted by Crippen LogP contribution is 2.24. The summed E-state index contributed by atoms with van der Waals surface area (Å²) in [6.45, 7) is 0.977. The number of likely N-dealkylation sites (tertiary alicyclic amines) is 1. The van der Waals surface area contributed by atoms with Gasteiger partial charge in [-0.1, -0.05) is 0 Å². The van der Waals surface area contributed by atoms with E-state index in [2.05, 4.69) is 0 Å². The molecule has 1 aliphatic heterocycles. The van der Waals surface area contributed by atoms with Crippen LogP contribution in [0.2, 0.25) is 0 Å². The van der Waals surface area contributed by atoms with Crippen LogP contribution in [0.25, 0.3) is 0 Å². The Hall–Kier alpha value is -2.02. The van der Waals surface area contributed by atoms with Gasteiger partial charge >= 0.3 is 0 Å². The minimum atomic E-state index is -0.758. The molecule has 20 heavy (non-hydrogen) atoms. The number of amides is 1. The number of hydrogen-bond acceptors (Lipinski definition) is 4. The lowest BCUT2D eigenvalue weighted by atomic mass is 10.1. The fraction of sp³-hybridized carbons (Fsp3) is 0.462. The van der Waals surface area contributed by atoms with Gasteiger partial charge in [-0.15, -0.1) is 0 Å². The van der Waals surface area contributed by atoms with Crippen LogP contribution in [0.3, 0.4) is 0 Å². The van der Waals surface area contributed by atoms with Crippen LogP contribution < -0.4 is 0 Å². The van der Waals surface area contributed by atoms with Gasteiger partial charge in [0.1, 0.15) is 5.82 Å². The van der Waals surface area contributed by atoms with E-state index in [0.717, 1.165) is 24.6 Å². The number of nitrogens with zero attached hydrogens (tertiary/aromatic N) is 2. The van der Waals surface area contributed by atoms with Gasteiger partial charge in [0.2, 0.25) is 0 Å². The van der Waals surface area contributed by atoms with Crippen molar-refractivity contribution < 1.29 is 19.2 Å². The van der Waals surface area contributed by atoms with E-state index in [-0.39, 0.29) is 23.8 Å². The summed E-state index contributed by atoms with van der Waals surface area (Å²) >= 11 is 0. The van der Waals surface area contributed by atoms with Gasteiger partial charge in [0.25, 0.3) is 11.6 Å². The van der Waals surface area contributed by atoms with Crippen LogP contribution in [-0.4, -0.2) is 40.5 Å². The highest BCUT2D eigenvalue weighted by Gasteiger charge is 2.28. The quantitative estimate of drug-likeness (QED) is 0.671. The van der Waals surface area contributed by atoms with Crippen molar-refractivity contribution in [2.24, 2.45) is 5.92 Å². The molecule has 1 aromatic carbocycles. The van der Waals surface area contributed by atoms with E-state index < -0.39 is 16.6 Å². The summed E-state index contributed by atoms with van der Waals surface area (Å²) in [6, 6.07) is 2.94. The fourth-order valence-electron chi connectivity index (χ4n) is 2.40. The normalized spacial score (nSPS) is 18.3. The first-order valence-corrected chi connectivity index (χ1v) is 6.37. The topological polar surface area (TPSA) is 83.7 Å². The van der Waals surface area contributed by atoms with Crippen molar-refractivity contribution in [1.82, 2.24) is 4.90 Å². The zero-order valence-electron chi connectivity index (χ0n) is 10.8. The predicted molar refractivity (Wildman–Crippen MR) is 68.8 cm³/mol. The standard InChI is InChI=1S/C13H15FN2O4/c14-12-2-1-10(16(19)20)7-11(12)13(18)15-5-3-9(8-15)4-6-17/h1-2,7,9,17H,3-6,8H2. The molecule has 0 radical (unpaired) electrons. The van der Waals surface area contributed by atoms with E-state index in [0.29, 0.717) is 19.5 Å². The number of halogens is 1. The molecule has 1 saturated heterocycles. The Balaban J connectivity index is 2.17. The third-order valence-electron chi connectivity index (χ3n) is 3.50. The van der Waals surface area contributed by atoms with Crippen molar-refractivity contribution >= 4 is 11.6 Å². The molecule has 1 heterocycles. The average molecular weight is 282 g/mol. The third-order valence-corrected chi connectivity index (χ3v) is 3.50. The largest absolute Gasteiger partial charge is 0.396 e. The number of aliphatic hydroxyl groups is 1. The van der Waals surface area contributed by atoms with E-state index in [1.54, 1.807) is 0 Å². The summed E-state index contributed by atoms with van der Waals surface area (Å²) in [5, 5.41) is 19.5. The molecule has 1 aliphatic rings. The monoisotopic (exact) mass is 282 g/mol. The second-order valence-corrected chi connectivity index (χ2v) is 4.84. The van der Waals surface area contributed by atoms with E-state index in [1.165, 1.54) is 4.90 Å². The molecule has 1 atom stereocenters. The minimum Gasteiger partial charge on any atom is -0.396 e. The summed E-state index contributed by atoms with van der Waals surface area (Å²) < 4.78 is 13.7. The van der Waals surface area contributed by atoms with Gasteiger partial charge in [-0.05, 0) is 24.8 Å². The smallest absolute Gasteiger partial charge is 0.270 e. The molecular weight excluding hydrogens is 267 g/mol. The van der Waals surface area contributed by atoms with Crippen LogP contribution in [-0.2, 0) is 0 Å². The molecule has 1 aromatic rings. The number of nitro benzene ring substituents is 1. The Morgan fingerprint density at radius 1 is 1.55 bits per heavy atom. The minimum absolute atomic E-state index is 0.0534. The zero-order chi connectivity index (χ0) is 14.7. The lowest BCUT2D eigenvalue weighted by molar-refractivity contribution is -0.384. The first-order chi connectivity index (χ1) is 9.52. The Morgan fingerprint density at radius 2 is 2.30 bits per heavy atom. The molecule has 0 aliphatic carbocycles. The van der Waals surface area contributed by atoms with Gasteiger partial charge in [0.05, 0.1) is 10.5 Å². The maximum atomic E-state index is 13.7. The van der Waals surface area contributed by atoms with Gasteiger partial charge in [0, 0.05) is 31.8 Å². The summed E-state index contributed by atoms with van der Waals surface area (Å²) in [6.07, 6.45) is 1.35. The molecule has 1 amide bonds. The Bertz CT molecular complexity index is 535. The highest BCUT2D eigenvalue weighted by molar-refractivity contribution is 5.95. The molecule has 2 rings (SSSR count). The van der Waals surface area contributed by atoms with E-state index in [1.807, 2.05) is 0 Å². The van der Waals surface area contributed by atoms with Crippen molar-refractivity contribution in [3.63, 3.8) is 0 Å². The molecule has 0 bridgehead atoms. The molecule has 1 N–H and O–H groups in total. The number of benzene rings is 1. The maximum absolute atomic E-state index is 13.7. The van der Waals surface area contributed by atoms with E-state index in [9.17, 15) is 19.3 Å². The van der Waals surface area contributed by atoms with Crippen LogP contribution in [0.15, 0.2) is 18.2 Å². The van der Waals surface area contributed by atoms with Crippen molar-refractivity contribution in [3.05, 3.63) is 39.7 Å². The van der Waals surface area contributed by atoms with Crippen LogP contribution >= 0.6 is 0 Å². The molecule has 6 nitrogen and oxygen atoms in total. The SMILES string of the molecule is O=C(c1cc([N+](=O)[O-])ccc1F)N1CCC(CCO)C1. The van der Waals surface area contributed by atoms with Gasteiger partial charge in [-0.25, -0.2) is 4.39 Å². The number of carbonyl (C=O) groups excluding carboxylic acids is 1. The molecule has 0 aromatic heterocycles. The number of rotatable bonds is 4. The summed E-state index contributed by atoms with van der Waals surface area (Å²) in [4.78, 5) is 23.7. The van der Waals surface area contributed by atoms with E-state index >= 15 is 0 Å². The third kappa shape index (κ3) is 2.93. The van der Waals surface area contributed by atoms with Crippen molar-refractivity contribution in [2.75, 3.05) is 19.7 Å². The zero-order valence-corrected chi connectivity index (χ0v) is 10.8. The maximum Gasteiger partial charge on any atom is 0.270 e. The van der Waals surface area contributed by atoms with Crippen LogP contribution in [0.1, 0.15) is 23.2 Å². The van der Waals surface area contributed by atoms with E-state index in [4.69, 9.17) is 5.11 Å². The molecule has 108 valence electrons. The summed E-state index contributed by atoms with van der Waals surface area (Å²) in [5.74, 6) is -1.09. The first-order valence-electron chi connectivity index (χ1n) is 6.37. The van der Waals surface area contributed by atoms with Crippen LogP contribution in [0.4, 0.5) is 10.1 Å². The summed E-state index contributed by atoms with van der Waals surface area (Å²) in [7, 11) is 0. The summed E-state index contributed by atoms with van der Waals surface area (Å²) in [5.41, 5.74) is -0.579. The molecule has 0 spiro atoms. The molecular formula is C13H15FN2O4. The van der Waals surface area contributed by atoms with Gasteiger partial charge in [-0.3, -0.25) is 14.9 Å². The van der Waals surface area contributed by atoms with Crippen LogP contribution in [0.5, 0.6) is 0 Å². The van der Waals surface area contributed by atoms with Crippen molar-refractivity contribution in [2.45, 2.75) is 12.8 Å². The lowest BCUT2D eigenvalue weighted by Gasteiger charge is -2.16. The average Bonchev–Trinajstić information content (AvgIpc) is 2.87. The van der Waals surface area contributed by atoms with Crippen LogP contribution in [0, 0.1) is 21.8 Å². The Labute approximate surface area is 115 Å². The molecule has 1 unspecified atom stereocenters. The number of carbonyl (C=O) groups is 1.